The van der Waals surface area contributed by atoms with Crippen molar-refractivity contribution in [3.63, 3.8) is 0 Å². The molecular formula is C14H19NO3S. The van der Waals surface area contributed by atoms with E-state index in [1.54, 1.807) is 6.07 Å². The van der Waals surface area contributed by atoms with Gasteiger partial charge in [0.25, 0.3) is 0 Å². The average Bonchev–Trinajstić information content (AvgIpc) is 3.20. The molecule has 0 saturated heterocycles. The molecule has 1 aromatic rings. The van der Waals surface area contributed by atoms with E-state index in [9.17, 15) is 8.42 Å². The number of benzene rings is 1. The molecule has 1 fully saturated rings. The van der Waals surface area contributed by atoms with Crippen molar-refractivity contribution in [1.29, 1.82) is 0 Å². The fourth-order valence-corrected chi connectivity index (χ4v) is 4.52. The molecule has 0 bridgehead atoms. The lowest BCUT2D eigenvalue weighted by molar-refractivity contribution is 0.398. The second-order valence-electron chi connectivity index (χ2n) is 5.33. The molecule has 104 valence electrons. The maximum atomic E-state index is 12.4. The molecule has 1 unspecified atom stereocenters. The fourth-order valence-electron chi connectivity index (χ4n) is 2.74. The molecule has 1 saturated carbocycles. The topological polar surface area (TPSA) is 55.4 Å². The van der Waals surface area contributed by atoms with Crippen molar-refractivity contribution in [2.24, 2.45) is 0 Å². The van der Waals surface area contributed by atoms with Gasteiger partial charge in [-0.05, 0) is 37.3 Å². The molecule has 0 radical (unpaired) electrons. The van der Waals surface area contributed by atoms with Crippen LogP contribution < -0.4 is 10.1 Å². The van der Waals surface area contributed by atoms with Gasteiger partial charge in [0.05, 0.1) is 12.9 Å². The number of sulfone groups is 1. The zero-order valence-corrected chi connectivity index (χ0v) is 11.9. The first kappa shape index (κ1) is 12.9. The molecule has 1 aliphatic heterocycles. The Hall–Kier alpha value is -1.07. The first-order valence-electron chi connectivity index (χ1n) is 6.77. The average molecular weight is 281 g/mol. The number of ether oxygens (including phenoxy) is 1. The summed E-state index contributed by atoms with van der Waals surface area (Å²) >= 11 is 0. The third kappa shape index (κ3) is 2.49. The number of nitrogens with one attached hydrogen (secondary N) is 1. The SMILES string of the molecule is COc1cccc2c1S(=O)(=O)CCCC2NC1CC1. The van der Waals surface area contributed by atoms with Crippen LogP contribution in [0.4, 0.5) is 0 Å². The van der Waals surface area contributed by atoms with Crippen LogP contribution in [0.25, 0.3) is 0 Å². The van der Waals surface area contributed by atoms with Crippen molar-refractivity contribution < 1.29 is 13.2 Å². The number of fused-ring (bicyclic) bond motifs is 1. The maximum absolute atomic E-state index is 12.4. The van der Waals surface area contributed by atoms with Gasteiger partial charge in [0.2, 0.25) is 0 Å². The van der Waals surface area contributed by atoms with Crippen molar-refractivity contribution in [3.8, 4) is 5.75 Å². The molecule has 1 atom stereocenters. The maximum Gasteiger partial charge on any atom is 0.182 e. The zero-order valence-electron chi connectivity index (χ0n) is 11.1. The first-order valence-corrected chi connectivity index (χ1v) is 8.43. The molecule has 0 spiro atoms. The van der Waals surface area contributed by atoms with Crippen molar-refractivity contribution in [3.05, 3.63) is 23.8 Å². The van der Waals surface area contributed by atoms with Crippen molar-refractivity contribution in [1.82, 2.24) is 5.32 Å². The highest BCUT2D eigenvalue weighted by Gasteiger charge is 2.33. The second kappa shape index (κ2) is 4.80. The molecule has 2 aliphatic rings. The number of hydrogen-bond donors (Lipinski definition) is 1. The minimum absolute atomic E-state index is 0.134. The summed E-state index contributed by atoms with van der Waals surface area (Å²) in [5.74, 6) is 0.686. The summed E-state index contributed by atoms with van der Waals surface area (Å²) in [6, 6.07) is 6.22. The largest absolute Gasteiger partial charge is 0.495 e. The third-order valence-corrected chi connectivity index (χ3v) is 5.72. The smallest absolute Gasteiger partial charge is 0.182 e. The first-order chi connectivity index (χ1) is 9.12. The van der Waals surface area contributed by atoms with Crippen molar-refractivity contribution in [2.45, 2.75) is 42.7 Å². The highest BCUT2D eigenvalue weighted by Crippen LogP contribution is 2.38. The molecule has 0 aromatic heterocycles. The monoisotopic (exact) mass is 281 g/mol. The van der Waals surface area contributed by atoms with Crippen LogP contribution in [0.2, 0.25) is 0 Å². The van der Waals surface area contributed by atoms with Crippen molar-refractivity contribution in [2.75, 3.05) is 12.9 Å². The van der Waals surface area contributed by atoms with Gasteiger partial charge in [0.1, 0.15) is 10.6 Å². The molecule has 1 aromatic carbocycles. The van der Waals surface area contributed by atoms with E-state index >= 15 is 0 Å². The van der Waals surface area contributed by atoms with Crippen LogP contribution in [0, 0.1) is 0 Å². The Morgan fingerprint density at radius 3 is 2.74 bits per heavy atom. The van der Waals surface area contributed by atoms with Crippen LogP contribution in [0.15, 0.2) is 23.1 Å². The minimum atomic E-state index is -3.23. The van der Waals surface area contributed by atoms with Gasteiger partial charge in [0, 0.05) is 12.1 Å². The molecule has 0 amide bonds. The molecule has 5 heteroatoms. The van der Waals surface area contributed by atoms with E-state index in [0.717, 1.165) is 12.0 Å². The molecule has 1 aliphatic carbocycles. The number of methoxy groups -OCH3 is 1. The predicted octanol–water partition coefficient (Wildman–Crippen LogP) is 2.06. The van der Waals surface area contributed by atoms with Gasteiger partial charge >= 0.3 is 0 Å². The molecular weight excluding hydrogens is 262 g/mol. The highest BCUT2D eigenvalue weighted by atomic mass is 32.2. The Kier molecular flexibility index (Phi) is 3.27. The van der Waals surface area contributed by atoms with E-state index in [4.69, 9.17) is 4.74 Å². The third-order valence-electron chi connectivity index (χ3n) is 3.84. The summed E-state index contributed by atoms with van der Waals surface area (Å²) in [5, 5.41) is 3.56. The lowest BCUT2D eigenvalue weighted by Gasteiger charge is -2.19. The van der Waals surface area contributed by atoms with Crippen LogP contribution in [-0.4, -0.2) is 27.3 Å². The Morgan fingerprint density at radius 2 is 2.05 bits per heavy atom. The van der Waals surface area contributed by atoms with Gasteiger partial charge < -0.3 is 10.1 Å². The summed E-state index contributed by atoms with van der Waals surface area (Å²) < 4.78 is 30.1. The predicted molar refractivity (Wildman–Crippen MR) is 73.2 cm³/mol. The van der Waals surface area contributed by atoms with Gasteiger partial charge in [-0.1, -0.05) is 12.1 Å². The Bertz CT molecular complexity index is 578. The quantitative estimate of drug-likeness (QED) is 0.921. The summed E-state index contributed by atoms with van der Waals surface area (Å²) in [7, 11) is -1.71. The van der Waals surface area contributed by atoms with Crippen LogP contribution in [0.5, 0.6) is 5.75 Å². The van der Waals surface area contributed by atoms with E-state index in [0.29, 0.717) is 23.1 Å². The van der Waals surface area contributed by atoms with E-state index in [1.807, 2.05) is 12.1 Å². The number of rotatable bonds is 3. The van der Waals surface area contributed by atoms with Gasteiger partial charge in [-0.2, -0.15) is 0 Å². The molecule has 1 heterocycles. The molecule has 1 N–H and O–H groups in total. The van der Waals surface area contributed by atoms with E-state index < -0.39 is 9.84 Å². The summed E-state index contributed by atoms with van der Waals surface area (Å²) in [6.07, 6.45) is 3.96. The van der Waals surface area contributed by atoms with E-state index in [1.165, 1.54) is 20.0 Å². The second-order valence-corrected chi connectivity index (χ2v) is 7.38. The number of hydrogen-bond acceptors (Lipinski definition) is 4. The Morgan fingerprint density at radius 1 is 1.26 bits per heavy atom. The molecule has 19 heavy (non-hydrogen) atoms. The highest BCUT2D eigenvalue weighted by molar-refractivity contribution is 7.91. The van der Waals surface area contributed by atoms with Gasteiger partial charge in [-0.15, -0.1) is 0 Å². The Labute approximate surface area is 114 Å². The van der Waals surface area contributed by atoms with Crippen LogP contribution in [0.3, 0.4) is 0 Å². The van der Waals surface area contributed by atoms with Crippen LogP contribution >= 0.6 is 0 Å². The lowest BCUT2D eigenvalue weighted by Crippen LogP contribution is -2.23. The van der Waals surface area contributed by atoms with Crippen LogP contribution in [-0.2, 0) is 9.84 Å². The fraction of sp³-hybridized carbons (Fsp3) is 0.571. The lowest BCUT2D eigenvalue weighted by atomic mass is 10.0. The van der Waals surface area contributed by atoms with Crippen molar-refractivity contribution >= 4 is 9.84 Å². The normalized spacial score (nSPS) is 25.4. The summed E-state index contributed by atoms with van der Waals surface area (Å²) in [4.78, 5) is 0.396. The summed E-state index contributed by atoms with van der Waals surface area (Å²) in [5.41, 5.74) is 0.878. The zero-order chi connectivity index (χ0) is 13.5. The Balaban J connectivity index is 2.10. The van der Waals surface area contributed by atoms with E-state index in [-0.39, 0.29) is 11.8 Å². The van der Waals surface area contributed by atoms with Gasteiger partial charge in [-0.3, -0.25) is 0 Å². The molecule has 3 rings (SSSR count). The molecule has 4 nitrogen and oxygen atoms in total. The van der Waals surface area contributed by atoms with Crippen LogP contribution in [0.1, 0.15) is 37.3 Å². The van der Waals surface area contributed by atoms with E-state index in [2.05, 4.69) is 5.32 Å². The minimum Gasteiger partial charge on any atom is -0.495 e. The van der Waals surface area contributed by atoms with Gasteiger partial charge in [-0.25, -0.2) is 8.42 Å². The van der Waals surface area contributed by atoms with Gasteiger partial charge in [0.15, 0.2) is 9.84 Å². The standard InChI is InChI=1S/C14H19NO3S/c1-18-13-6-2-4-11-12(15-10-7-8-10)5-3-9-19(16,17)14(11)13/h2,4,6,10,12,15H,3,5,7-9H2,1H3. The summed E-state index contributed by atoms with van der Waals surface area (Å²) in [6.45, 7) is 0.